The molecule has 4 heteroatoms. The minimum atomic E-state index is 0.0665. The van der Waals surface area contributed by atoms with Crippen molar-refractivity contribution in [3.8, 4) is 0 Å². The number of nitrogens with zero attached hydrogens (tertiary/aromatic N) is 1. The Morgan fingerprint density at radius 2 is 1.88 bits per heavy atom. The average molecular weight is 243 g/mol. The molecule has 0 bridgehead atoms. The number of aliphatic hydroxyl groups excluding tert-OH is 2. The largest absolute Gasteiger partial charge is 0.395 e. The van der Waals surface area contributed by atoms with E-state index in [1.54, 1.807) is 0 Å². The number of carbonyl (C=O) groups is 1. The zero-order chi connectivity index (χ0) is 12.9. The third kappa shape index (κ3) is 4.74. The second-order valence-electron chi connectivity index (χ2n) is 5.78. The minimum absolute atomic E-state index is 0.0665. The summed E-state index contributed by atoms with van der Waals surface area (Å²) >= 11 is 0. The lowest BCUT2D eigenvalue weighted by Crippen LogP contribution is -2.41. The smallest absolute Gasteiger partial charge is 0.137 e. The average Bonchev–Trinajstić information content (AvgIpc) is 2.24. The third-order valence-corrected chi connectivity index (χ3v) is 3.61. The molecule has 0 spiro atoms. The molecule has 1 atom stereocenters. The Bertz CT molecular complexity index is 247. The van der Waals surface area contributed by atoms with Gasteiger partial charge in [0.05, 0.1) is 13.2 Å². The topological polar surface area (TPSA) is 60.8 Å². The molecule has 1 saturated carbocycles. The fourth-order valence-corrected chi connectivity index (χ4v) is 2.60. The first-order chi connectivity index (χ1) is 7.98. The van der Waals surface area contributed by atoms with Crippen LogP contribution in [0.3, 0.4) is 0 Å². The molecule has 0 saturated heterocycles. The van der Waals surface area contributed by atoms with Gasteiger partial charge in [-0.05, 0) is 18.3 Å². The van der Waals surface area contributed by atoms with Crippen LogP contribution >= 0.6 is 0 Å². The van der Waals surface area contributed by atoms with Crippen molar-refractivity contribution in [3.05, 3.63) is 0 Å². The first kappa shape index (κ1) is 14.6. The highest BCUT2D eigenvalue weighted by Crippen LogP contribution is 2.36. The molecule has 0 heterocycles. The molecule has 1 rings (SSSR count). The standard InChI is InChI=1S/C13H25NO3/c1-13(2)4-3-12(17)11(9-13)10-14(5-7-15)6-8-16/h11,15-16H,3-10H2,1-2H3. The van der Waals surface area contributed by atoms with Crippen molar-refractivity contribution in [3.63, 3.8) is 0 Å². The SMILES string of the molecule is CC1(C)CCC(=O)C(CN(CCO)CCO)C1. The summed E-state index contributed by atoms with van der Waals surface area (Å²) < 4.78 is 0. The van der Waals surface area contributed by atoms with Gasteiger partial charge in [-0.2, -0.15) is 0 Å². The molecule has 2 N–H and O–H groups in total. The van der Waals surface area contributed by atoms with Crippen molar-refractivity contribution in [2.75, 3.05) is 32.8 Å². The molecule has 0 aliphatic heterocycles. The molecule has 100 valence electrons. The summed E-state index contributed by atoms with van der Waals surface area (Å²) in [5, 5.41) is 17.9. The van der Waals surface area contributed by atoms with Crippen molar-refractivity contribution >= 4 is 5.78 Å². The second kappa shape index (κ2) is 6.47. The van der Waals surface area contributed by atoms with Crippen LogP contribution in [-0.4, -0.2) is 53.7 Å². The number of carbonyl (C=O) groups excluding carboxylic acids is 1. The lowest BCUT2D eigenvalue weighted by Gasteiger charge is -2.36. The van der Waals surface area contributed by atoms with E-state index in [9.17, 15) is 4.79 Å². The summed E-state index contributed by atoms with van der Waals surface area (Å²) in [7, 11) is 0. The Morgan fingerprint density at radius 3 is 2.41 bits per heavy atom. The highest BCUT2D eigenvalue weighted by Gasteiger charge is 2.34. The van der Waals surface area contributed by atoms with Crippen molar-refractivity contribution in [2.24, 2.45) is 11.3 Å². The van der Waals surface area contributed by atoms with E-state index in [1.165, 1.54) is 0 Å². The van der Waals surface area contributed by atoms with Gasteiger partial charge in [-0.3, -0.25) is 9.69 Å². The van der Waals surface area contributed by atoms with Crippen LogP contribution in [0.4, 0.5) is 0 Å². The van der Waals surface area contributed by atoms with Gasteiger partial charge >= 0.3 is 0 Å². The van der Waals surface area contributed by atoms with E-state index < -0.39 is 0 Å². The van der Waals surface area contributed by atoms with Crippen LogP contribution < -0.4 is 0 Å². The molecular formula is C13H25NO3. The van der Waals surface area contributed by atoms with Gasteiger partial charge in [0, 0.05) is 32.0 Å². The molecule has 0 aromatic carbocycles. The van der Waals surface area contributed by atoms with Gasteiger partial charge in [0.1, 0.15) is 5.78 Å². The molecule has 1 fully saturated rings. The van der Waals surface area contributed by atoms with Crippen molar-refractivity contribution in [1.29, 1.82) is 0 Å². The van der Waals surface area contributed by atoms with E-state index >= 15 is 0 Å². The Balaban J connectivity index is 2.54. The molecule has 1 aliphatic rings. The molecule has 17 heavy (non-hydrogen) atoms. The fourth-order valence-electron chi connectivity index (χ4n) is 2.60. The maximum atomic E-state index is 11.9. The first-order valence-electron chi connectivity index (χ1n) is 6.45. The van der Waals surface area contributed by atoms with Gasteiger partial charge in [-0.25, -0.2) is 0 Å². The van der Waals surface area contributed by atoms with Gasteiger partial charge in [-0.1, -0.05) is 13.8 Å². The van der Waals surface area contributed by atoms with Gasteiger partial charge < -0.3 is 10.2 Å². The minimum Gasteiger partial charge on any atom is -0.395 e. The normalized spacial score (nSPS) is 24.3. The predicted molar refractivity (Wildman–Crippen MR) is 66.7 cm³/mol. The molecule has 0 aromatic heterocycles. The van der Waals surface area contributed by atoms with Crippen molar-refractivity contribution < 1.29 is 15.0 Å². The summed E-state index contributed by atoms with van der Waals surface area (Å²) in [6.45, 7) is 6.29. The lowest BCUT2D eigenvalue weighted by molar-refractivity contribution is -0.127. The monoisotopic (exact) mass is 243 g/mol. The van der Waals surface area contributed by atoms with Crippen LogP contribution in [0.5, 0.6) is 0 Å². The van der Waals surface area contributed by atoms with Crippen molar-refractivity contribution in [2.45, 2.75) is 33.1 Å². The molecule has 1 aliphatic carbocycles. The van der Waals surface area contributed by atoms with Gasteiger partial charge in [0.25, 0.3) is 0 Å². The molecule has 4 nitrogen and oxygen atoms in total. The molecular weight excluding hydrogens is 218 g/mol. The number of ketones is 1. The van der Waals surface area contributed by atoms with Crippen LogP contribution in [0, 0.1) is 11.3 Å². The van der Waals surface area contributed by atoms with Crippen LogP contribution in [-0.2, 0) is 4.79 Å². The zero-order valence-electron chi connectivity index (χ0n) is 11.0. The maximum absolute atomic E-state index is 11.9. The fraction of sp³-hybridized carbons (Fsp3) is 0.923. The number of aliphatic hydroxyl groups is 2. The molecule has 0 aromatic rings. The highest BCUT2D eigenvalue weighted by molar-refractivity contribution is 5.82. The van der Waals surface area contributed by atoms with Crippen LogP contribution in [0.25, 0.3) is 0 Å². The van der Waals surface area contributed by atoms with Crippen LogP contribution in [0.2, 0.25) is 0 Å². The van der Waals surface area contributed by atoms with E-state index in [1.807, 2.05) is 4.90 Å². The summed E-state index contributed by atoms with van der Waals surface area (Å²) in [6, 6.07) is 0. The zero-order valence-corrected chi connectivity index (χ0v) is 11.0. The summed E-state index contributed by atoms with van der Waals surface area (Å²) in [5.74, 6) is 0.405. The first-order valence-corrected chi connectivity index (χ1v) is 6.45. The highest BCUT2D eigenvalue weighted by atomic mass is 16.3. The number of Topliss-reactive ketones (excluding diaryl/α,β-unsaturated/α-hetero) is 1. The van der Waals surface area contributed by atoms with E-state index in [2.05, 4.69) is 13.8 Å². The van der Waals surface area contributed by atoms with Crippen LogP contribution in [0.15, 0.2) is 0 Å². The van der Waals surface area contributed by atoms with Gasteiger partial charge in [-0.15, -0.1) is 0 Å². The second-order valence-corrected chi connectivity index (χ2v) is 5.78. The van der Waals surface area contributed by atoms with Crippen LogP contribution in [0.1, 0.15) is 33.1 Å². The Hall–Kier alpha value is -0.450. The Labute approximate surface area is 104 Å². The molecule has 0 radical (unpaired) electrons. The number of hydrogen-bond acceptors (Lipinski definition) is 4. The number of rotatable bonds is 6. The lowest BCUT2D eigenvalue weighted by atomic mass is 9.71. The summed E-state index contributed by atoms with van der Waals surface area (Å²) in [4.78, 5) is 13.9. The quantitative estimate of drug-likeness (QED) is 0.720. The maximum Gasteiger partial charge on any atom is 0.137 e. The summed E-state index contributed by atoms with van der Waals surface area (Å²) in [6.07, 6.45) is 2.56. The van der Waals surface area contributed by atoms with E-state index in [0.29, 0.717) is 31.8 Å². The Kier molecular flexibility index (Phi) is 5.56. The predicted octanol–water partition coefficient (Wildman–Crippen LogP) is 0.668. The summed E-state index contributed by atoms with van der Waals surface area (Å²) in [5.41, 5.74) is 0.239. The van der Waals surface area contributed by atoms with Gasteiger partial charge in [0.15, 0.2) is 0 Å². The van der Waals surface area contributed by atoms with E-state index in [4.69, 9.17) is 10.2 Å². The van der Waals surface area contributed by atoms with Gasteiger partial charge in [0.2, 0.25) is 0 Å². The molecule has 1 unspecified atom stereocenters. The van der Waals surface area contributed by atoms with E-state index in [-0.39, 0.29) is 24.5 Å². The number of hydrogen-bond donors (Lipinski definition) is 2. The molecule has 0 amide bonds. The van der Waals surface area contributed by atoms with Crippen molar-refractivity contribution in [1.82, 2.24) is 4.90 Å². The third-order valence-electron chi connectivity index (χ3n) is 3.61. The Morgan fingerprint density at radius 1 is 1.29 bits per heavy atom. The van der Waals surface area contributed by atoms with E-state index in [0.717, 1.165) is 12.8 Å².